The van der Waals surface area contributed by atoms with Crippen molar-refractivity contribution in [2.45, 2.75) is 17.9 Å². The van der Waals surface area contributed by atoms with Crippen LogP contribution in [0, 0.1) is 5.82 Å². The molecule has 3 rings (SSSR count). The minimum absolute atomic E-state index is 0.170. The van der Waals surface area contributed by atoms with E-state index in [-0.39, 0.29) is 18.3 Å². The molecule has 3 aromatic carbocycles. The van der Waals surface area contributed by atoms with E-state index in [0.29, 0.717) is 24.2 Å². The molecule has 0 aliphatic carbocycles. The number of nitrogens with one attached hydrogen (secondary N) is 1. The van der Waals surface area contributed by atoms with Crippen molar-refractivity contribution < 1.29 is 17.6 Å². The van der Waals surface area contributed by atoms with Crippen LogP contribution in [-0.4, -0.2) is 33.4 Å². The third kappa shape index (κ3) is 6.58. The van der Waals surface area contributed by atoms with Crippen molar-refractivity contribution in [3.63, 3.8) is 0 Å². The quantitative estimate of drug-likeness (QED) is 0.466. The molecule has 0 aliphatic heterocycles. The average Bonchev–Trinajstić information content (AvgIpc) is 2.78. The Bertz CT molecular complexity index is 1160. The normalized spacial score (nSPS) is 11.2. The van der Waals surface area contributed by atoms with Crippen LogP contribution in [0.25, 0.3) is 0 Å². The second-order valence-corrected chi connectivity index (χ2v) is 10.1. The highest BCUT2D eigenvalue weighted by Crippen LogP contribution is 2.25. The van der Waals surface area contributed by atoms with Crippen LogP contribution < -0.4 is 9.62 Å². The Morgan fingerprint density at radius 3 is 2.28 bits per heavy atom. The van der Waals surface area contributed by atoms with Crippen molar-refractivity contribution in [3.8, 4) is 0 Å². The number of hydrogen-bond acceptors (Lipinski definition) is 4. The summed E-state index contributed by atoms with van der Waals surface area (Å²) in [5.41, 5.74) is 2.80. The fourth-order valence-corrected chi connectivity index (χ4v) is 4.50. The van der Waals surface area contributed by atoms with Gasteiger partial charge in [0.2, 0.25) is 10.0 Å². The van der Waals surface area contributed by atoms with E-state index in [1.54, 1.807) is 54.2 Å². The van der Waals surface area contributed by atoms with Crippen LogP contribution >= 0.6 is 11.8 Å². The molecule has 1 N–H and O–H groups in total. The van der Waals surface area contributed by atoms with Crippen molar-refractivity contribution in [2.75, 3.05) is 23.4 Å². The first kappa shape index (κ1) is 23.8. The maximum Gasteiger partial charge on any atom is 0.251 e. The number of amides is 1. The average molecular weight is 473 g/mol. The number of nitrogens with zero attached hydrogens (tertiary/aromatic N) is 1. The van der Waals surface area contributed by atoms with Gasteiger partial charge < -0.3 is 5.32 Å². The van der Waals surface area contributed by atoms with Gasteiger partial charge in [-0.05, 0) is 66.3 Å². The summed E-state index contributed by atoms with van der Waals surface area (Å²) in [5, 5.41) is 2.84. The largest absolute Gasteiger partial charge is 0.352 e. The van der Waals surface area contributed by atoms with Crippen molar-refractivity contribution in [1.82, 2.24) is 5.32 Å². The number of carbonyl (C=O) groups is 1. The van der Waals surface area contributed by atoms with Gasteiger partial charge >= 0.3 is 0 Å². The summed E-state index contributed by atoms with van der Waals surface area (Å²) in [7, 11) is -3.49. The van der Waals surface area contributed by atoms with Gasteiger partial charge in [-0.3, -0.25) is 9.10 Å². The van der Waals surface area contributed by atoms with Crippen molar-refractivity contribution >= 4 is 33.4 Å². The van der Waals surface area contributed by atoms with Gasteiger partial charge in [0.1, 0.15) is 5.82 Å². The zero-order valence-corrected chi connectivity index (χ0v) is 19.5. The third-order valence-corrected chi connectivity index (χ3v) is 6.76. The smallest absolute Gasteiger partial charge is 0.251 e. The molecule has 0 heterocycles. The Labute approximate surface area is 192 Å². The monoisotopic (exact) mass is 472 g/mol. The van der Waals surface area contributed by atoms with Crippen molar-refractivity contribution in [2.24, 2.45) is 0 Å². The van der Waals surface area contributed by atoms with Gasteiger partial charge in [0, 0.05) is 17.0 Å². The molecule has 0 saturated carbocycles. The minimum atomic E-state index is -3.49. The minimum Gasteiger partial charge on any atom is -0.352 e. The molecule has 0 aliphatic rings. The lowest BCUT2D eigenvalue weighted by Crippen LogP contribution is -2.29. The van der Waals surface area contributed by atoms with Crippen molar-refractivity contribution in [1.29, 1.82) is 0 Å². The zero-order valence-electron chi connectivity index (χ0n) is 17.9. The molecule has 32 heavy (non-hydrogen) atoms. The topological polar surface area (TPSA) is 66.5 Å². The summed E-state index contributed by atoms with van der Waals surface area (Å²) >= 11 is 1.55. The van der Waals surface area contributed by atoms with Gasteiger partial charge in [0.05, 0.1) is 18.5 Å². The molecule has 0 bridgehead atoms. The van der Waals surface area contributed by atoms with Crippen LogP contribution in [0.3, 0.4) is 0 Å². The van der Waals surface area contributed by atoms with E-state index in [2.05, 4.69) is 5.32 Å². The number of halogens is 1. The van der Waals surface area contributed by atoms with Crippen molar-refractivity contribution in [3.05, 3.63) is 95.3 Å². The van der Waals surface area contributed by atoms with E-state index in [9.17, 15) is 17.6 Å². The molecule has 0 atom stereocenters. The lowest BCUT2D eigenvalue weighted by Gasteiger charge is -2.23. The first-order valence-electron chi connectivity index (χ1n) is 9.99. The fraction of sp³-hybridized carbons (Fsp3) is 0.208. The predicted octanol–water partition coefficient (Wildman–Crippen LogP) is 4.49. The van der Waals surface area contributed by atoms with E-state index in [1.165, 1.54) is 22.7 Å². The van der Waals surface area contributed by atoms with Crippen LogP contribution in [0.4, 0.5) is 10.1 Å². The van der Waals surface area contributed by atoms with Gasteiger partial charge in [-0.2, -0.15) is 0 Å². The summed E-state index contributed by atoms with van der Waals surface area (Å²) in [6.45, 7) is 0.600. The second kappa shape index (κ2) is 10.7. The standard InChI is InChI=1S/C24H25FN2O3S2/c1-31-23-5-3-4-22(16-23)27(32(2,29)30)17-19-6-10-20(11-7-19)24(28)26-15-14-18-8-12-21(25)13-9-18/h3-13,16H,14-15,17H2,1-2H3,(H,26,28). The lowest BCUT2D eigenvalue weighted by atomic mass is 10.1. The number of carbonyl (C=O) groups excluding carboxylic acids is 1. The van der Waals surface area contributed by atoms with E-state index in [1.807, 2.05) is 24.5 Å². The van der Waals surface area contributed by atoms with E-state index in [0.717, 1.165) is 16.0 Å². The summed E-state index contributed by atoms with van der Waals surface area (Å²) in [4.78, 5) is 13.4. The second-order valence-electron chi connectivity index (χ2n) is 7.30. The summed E-state index contributed by atoms with van der Waals surface area (Å²) in [6.07, 6.45) is 3.72. The van der Waals surface area contributed by atoms with E-state index in [4.69, 9.17) is 0 Å². The summed E-state index contributed by atoms with van der Waals surface area (Å²) in [6, 6.07) is 20.4. The van der Waals surface area contributed by atoms with Gasteiger partial charge in [-0.25, -0.2) is 12.8 Å². The molecular formula is C24H25FN2O3S2. The number of sulfonamides is 1. The summed E-state index contributed by atoms with van der Waals surface area (Å²) in [5.74, 6) is -0.504. The van der Waals surface area contributed by atoms with Gasteiger partial charge in [-0.1, -0.05) is 30.3 Å². The first-order valence-corrected chi connectivity index (χ1v) is 13.1. The van der Waals surface area contributed by atoms with Crippen LogP contribution in [-0.2, 0) is 23.0 Å². The number of anilines is 1. The van der Waals surface area contributed by atoms with Gasteiger partial charge in [0.15, 0.2) is 0 Å². The SMILES string of the molecule is CSc1cccc(N(Cc2ccc(C(=O)NCCc3ccc(F)cc3)cc2)S(C)(=O)=O)c1. The fourth-order valence-electron chi connectivity index (χ4n) is 3.17. The zero-order chi connectivity index (χ0) is 23.1. The number of rotatable bonds is 9. The highest BCUT2D eigenvalue weighted by atomic mass is 32.2. The van der Waals surface area contributed by atoms with E-state index < -0.39 is 10.0 Å². The van der Waals surface area contributed by atoms with Crippen LogP contribution in [0.1, 0.15) is 21.5 Å². The molecule has 0 saturated heterocycles. The molecule has 0 unspecified atom stereocenters. The predicted molar refractivity (Wildman–Crippen MR) is 128 cm³/mol. The van der Waals surface area contributed by atoms with Gasteiger partial charge in [0.25, 0.3) is 5.91 Å². The molecule has 0 fully saturated rings. The highest BCUT2D eigenvalue weighted by molar-refractivity contribution is 7.98. The molecular weight excluding hydrogens is 447 g/mol. The summed E-state index contributed by atoms with van der Waals surface area (Å²) < 4.78 is 39.1. The molecule has 1 amide bonds. The Morgan fingerprint density at radius 2 is 1.66 bits per heavy atom. The number of thioether (sulfide) groups is 1. The molecule has 0 aromatic heterocycles. The first-order chi connectivity index (χ1) is 15.3. The third-order valence-electron chi connectivity index (χ3n) is 4.90. The maximum atomic E-state index is 13.0. The Hall–Kier alpha value is -2.84. The molecule has 3 aromatic rings. The Morgan fingerprint density at radius 1 is 1.00 bits per heavy atom. The molecule has 168 valence electrons. The van der Waals surface area contributed by atoms with Gasteiger partial charge in [-0.15, -0.1) is 11.8 Å². The lowest BCUT2D eigenvalue weighted by molar-refractivity contribution is 0.0954. The maximum absolute atomic E-state index is 13.0. The Kier molecular flexibility index (Phi) is 7.93. The number of hydrogen-bond donors (Lipinski definition) is 1. The number of benzene rings is 3. The van der Waals surface area contributed by atoms with Crippen LogP contribution in [0.5, 0.6) is 0 Å². The molecule has 5 nitrogen and oxygen atoms in total. The molecule has 0 radical (unpaired) electrons. The van der Waals surface area contributed by atoms with Crippen LogP contribution in [0.15, 0.2) is 77.7 Å². The highest BCUT2D eigenvalue weighted by Gasteiger charge is 2.18. The Balaban J connectivity index is 1.64. The molecule has 8 heteroatoms. The van der Waals surface area contributed by atoms with E-state index >= 15 is 0 Å². The van der Waals surface area contributed by atoms with Crippen LogP contribution in [0.2, 0.25) is 0 Å². The molecule has 0 spiro atoms.